The maximum Gasteiger partial charge on any atom is 0.309 e. The van der Waals surface area contributed by atoms with E-state index in [9.17, 15) is 9.59 Å². The lowest BCUT2D eigenvalue weighted by atomic mass is 10.2. The number of aliphatic imine (C=N–C) groups is 1. The van der Waals surface area contributed by atoms with E-state index in [-0.39, 0.29) is 6.54 Å². The summed E-state index contributed by atoms with van der Waals surface area (Å²) in [7, 11) is 1.54. The average Bonchev–Trinajstić information content (AvgIpc) is 2.70. The highest BCUT2D eigenvalue weighted by atomic mass is 16.5. The zero-order valence-corrected chi connectivity index (χ0v) is 17.0. The van der Waals surface area contributed by atoms with Crippen LogP contribution in [0.2, 0.25) is 0 Å². The van der Waals surface area contributed by atoms with Crippen molar-refractivity contribution in [2.45, 2.75) is 33.7 Å². The lowest BCUT2D eigenvalue weighted by molar-refractivity contribution is -0.139. The molecular weight excluding hydrogens is 358 g/mol. The van der Waals surface area contributed by atoms with Gasteiger partial charge in [-0.1, -0.05) is 12.7 Å². The normalized spacial score (nSPS) is 11.6. The van der Waals surface area contributed by atoms with E-state index in [1.807, 2.05) is 20.8 Å². The molecule has 1 aromatic rings. The summed E-state index contributed by atoms with van der Waals surface area (Å²) < 4.78 is 10.7. The van der Waals surface area contributed by atoms with Crippen molar-refractivity contribution in [3.05, 3.63) is 48.2 Å². The molecule has 1 aromatic carbocycles. The zero-order chi connectivity index (χ0) is 20.9. The SMILES string of the molecule is C=C/C(C)=C/N=C(\C)CCNC(=O)C(=O)NCc1ccc(OCC)cc1OC. The summed E-state index contributed by atoms with van der Waals surface area (Å²) in [5, 5.41) is 5.17. The van der Waals surface area contributed by atoms with E-state index in [0.717, 1.165) is 16.8 Å². The highest BCUT2D eigenvalue weighted by Crippen LogP contribution is 2.24. The van der Waals surface area contributed by atoms with Gasteiger partial charge in [0.15, 0.2) is 0 Å². The van der Waals surface area contributed by atoms with Gasteiger partial charge in [0.2, 0.25) is 0 Å². The molecular formula is C21H29N3O4. The molecule has 0 saturated carbocycles. The summed E-state index contributed by atoms with van der Waals surface area (Å²) in [5.74, 6) is -0.118. The largest absolute Gasteiger partial charge is 0.496 e. The Balaban J connectivity index is 2.49. The van der Waals surface area contributed by atoms with E-state index >= 15 is 0 Å². The first-order chi connectivity index (χ1) is 13.4. The molecule has 0 aromatic heterocycles. The Morgan fingerprint density at radius 1 is 1.21 bits per heavy atom. The fourth-order valence-electron chi connectivity index (χ4n) is 2.15. The zero-order valence-electron chi connectivity index (χ0n) is 17.0. The summed E-state index contributed by atoms with van der Waals surface area (Å²) in [5.41, 5.74) is 2.55. The molecule has 0 fully saturated rings. The van der Waals surface area contributed by atoms with Crippen LogP contribution in [0.25, 0.3) is 0 Å². The van der Waals surface area contributed by atoms with Crippen molar-refractivity contribution in [1.29, 1.82) is 0 Å². The summed E-state index contributed by atoms with van der Waals surface area (Å²) in [6.07, 6.45) is 3.97. The number of hydrogen-bond donors (Lipinski definition) is 2. The molecule has 1 rings (SSSR count). The minimum absolute atomic E-state index is 0.175. The van der Waals surface area contributed by atoms with E-state index in [4.69, 9.17) is 9.47 Å². The van der Waals surface area contributed by atoms with Gasteiger partial charge >= 0.3 is 11.8 Å². The van der Waals surface area contributed by atoms with E-state index in [2.05, 4.69) is 22.2 Å². The highest BCUT2D eigenvalue weighted by Gasteiger charge is 2.14. The monoisotopic (exact) mass is 387 g/mol. The second-order valence-corrected chi connectivity index (χ2v) is 6.04. The second-order valence-electron chi connectivity index (χ2n) is 6.04. The summed E-state index contributed by atoms with van der Waals surface area (Å²) >= 11 is 0. The van der Waals surface area contributed by atoms with Gasteiger partial charge in [-0.25, -0.2) is 0 Å². The minimum atomic E-state index is -0.701. The Kier molecular flexibility index (Phi) is 10.1. The number of benzene rings is 1. The number of nitrogens with one attached hydrogen (secondary N) is 2. The molecule has 2 amide bonds. The molecule has 152 valence electrons. The quantitative estimate of drug-likeness (QED) is 0.367. The van der Waals surface area contributed by atoms with Crippen molar-refractivity contribution in [2.75, 3.05) is 20.3 Å². The Morgan fingerprint density at radius 3 is 2.57 bits per heavy atom. The topological polar surface area (TPSA) is 89.0 Å². The van der Waals surface area contributed by atoms with Crippen molar-refractivity contribution < 1.29 is 19.1 Å². The third kappa shape index (κ3) is 8.07. The van der Waals surface area contributed by atoms with Crippen LogP contribution in [-0.4, -0.2) is 37.8 Å². The maximum absolute atomic E-state index is 12.0. The third-order valence-electron chi connectivity index (χ3n) is 3.80. The van der Waals surface area contributed by atoms with Gasteiger partial charge in [-0.3, -0.25) is 14.6 Å². The van der Waals surface area contributed by atoms with E-state index < -0.39 is 11.8 Å². The molecule has 0 spiro atoms. The molecule has 0 aliphatic heterocycles. The smallest absolute Gasteiger partial charge is 0.309 e. The van der Waals surface area contributed by atoms with Gasteiger partial charge in [-0.15, -0.1) is 0 Å². The maximum atomic E-state index is 12.0. The fourth-order valence-corrected chi connectivity index (χ4v) is 2.15. The molecule has 2 N–H and O–H groups in total. The lowest BCUT2D eigenvalue weighted by Crippen LogP contribution is -2.40. The van der Waals surface area contributed by atoms with E-state index in [1.54, 1.807) is 37.6 Å². The van der Waals surface area contributed by atoms with Gasteiger partial charge in [-0.05, 0) is 38.5 Å². The molecule has 0 aliphatic rings. The standard InChI is InChI=1S/C21H29N3O4/c1-6-15(3)13-23-16(4)10-11-22-20(25)21(26)24-14-17-8-9-18(28-7-2)12-19(17)27-5/h6,8-9,12-13H,1,7,10-11,14H2,2-5H3,(H,22,25)(H,24,26)/b15-13+,23-16+. The number of carbonyl (C=O) groups excluding carboxylic acids is 2. The van der Waals surface area contributed by atoms with Crippen LogP contribution < -0.4 is 20.1 Å². The molecule has 0 heterocycles. The van der Waals surface area contributed by atoms with Gasteiger partial charge in [-0.2, -0.15) is 0 Å². The van der Waals surface area contributed by atoms with Crippen LogP contribution >= 0.6 is 0 Å². The Morgan fingerprint density at radius 2 is 1.93 bits per heavy atom. The van der Waals surface area contributed by atoms with E-state index in [1.165, 1.54) is 0 Å². The van der Waals surface area contributed by atoms with Crippen LogP contribution in [0.4, 0.5) is 0 Å². The molecule has 7 heteroatoms. The number of nitrogens with zero attached hydrogens (tertiary/aromatic N) is 1. The van der Waals surface area contributed by atoms with Crippen LogP contribution in [0.3, 0.4) is 0 Å². The van der Waals surface area contributed by atoms with Gasteiger partial charge < -0.3 is 20.1 Å². The molecule has 0 bridgehead atoms. The van der Waals surface area contributed by atoms with E-state index in [0.29, 0.717) is 31.1 Å². The van der Waals surface area contributed by atoms with Gasteiger partial charge in [0, 0.05) is 43.1 Å². The van der Waals surface area contributed by atoms with Crippen molar-refractivity contribution in [3.8, 4) is 11.5 Å². The first kappa shape index (κ1) is 23.0. The highest BCUT2D eigenvalue weighted by molar-refractivity contribution is 6.35. The van der Waals surface area contributed by atoms with Crippen LogP contribution in [0.1, 0.15) is 32.8 Å². The van der Waals surface area contributed by atoms with Gasteiger partial charge in [0.25, 0.3) is 0 Å². The van der Waals surface area contributed by atoms with Gasteiger partial charge in [0.1, 0.15) is 11.5 Å². The average molecular weight is 387 g/mol. The van der Waals surface area contributed by atoms with Crippen LogP contribution in [0.5, 0.6) is 11.5 Å². The molecule has 0 saturated heterocycles. The minimum Gasteiger partial charge on any atom is -0.496 e. The van der Waals surface area contributed by atoms with Gasteiger partial charge in [0.05, 0.1) is 13.7 Å². The summed E-state index contributed by atoms with van der Waals surface area (Å²) in [4.78, 5) is 28.1. The molecule has 0 atom stereocenters. The summed E-state index contributed by atoms with van der Waals surface area (Å²) in [6, 6.07) is 5.33. The van der Waals surface area contributed by atoms with Crippen molar-refractivity contribution >= 4 is 17.5 Å². The predicted molar refractivity (Wildman–Crippen MR) is 111 cm³/mol. The van der Waals surface area contributed by atoms with Crippen molar-refractivity contribution in [1.82, 2.24) is 10.6 Å². The van der Waals surface area contributed by atoms with Crippen molar-refractivity contribution in [3.63, 3.8) is 0 Å². The molecule has 0 aliphatic carbocycles. The van der Waals surface area contributed by atoms with Crippen molar-refractivity contribution in [2.24, 2.45) is 4.99 Å². The first-order valence-electron chi connectivity index (χ1n) is 9.09. The van der Waals surface area contributed by atoms with Crippen LogP contribution in [0.15, 0.2) is 47.6 Å². The Bertz CT molecular complexity index is 754. The lowest BCUT2D eigenvalue weighted by Gasteiger charge is -2.12. The van der Waals surface area contributed by atoms with Crippen LogP contribution in [-0.2, 0) is 16.1 Å². The Hall–Kier alpha value is -3.09. The number of hydrogen-bond acceptors (Lipinski definition) is 5. The summed E-state index contributed by atoms with van der Waals surface area (Å²) in [6.45, 7) is 10.4. The number of allylic oxidation sites excluding steroid dienone is 2. The first-order valence-corrected chi connectivity index (χ1v) is 9.09. The number of amides is 2. The number of ether oxygens (including phenoxy) is 2. The number of carbonyl (C=O) groups is 2. The third-order valence-corrected chi connectivity index (χ3v) is 3.80. The second kappa shape index (κ2) is 12.3. The molecule has 28 heavy (non-hydrogen) atoms. The Labute approximate surface area is 166 Å². The molecule has 0 radical (unpaired) electrons. The predicted octanol–water partition coefficient (Wildman–Crippen LogP) is 2.77. The number of methoxy groups -OCH3 is 1. The molecule has 7 nitrogen and oxygen atoms in total. The fraction of sp³-hybridized carbons (Fsp3) is 0.381. The number of rotatable bonds is 10. The molecule has 0 unspecified atom stereocenters. The van der Waals surface area contributed by atoms with Crippen LogP contribution in [0, 0.1) is 0 Å².